The Bertz CT molecular complexity index is 1210. The van der Waals surface area contributed by atoms with Gasteiger partial charge in [-0.25, -0.2) is 0 Å². The normalized spacial score (nSPS) is 18.3. The van der Waals surface area contributed by atoms with Crippen molar-refractivity contribution in [3.8, 4) is 5.75 Å². The van der Waals surface area contributed by atoms with E-state index < -0.39 is 10.1 Å². The standard InChI is InChI=1S/C22H21N3O5S2/c26-21-17(23-22(31)25(21)16-8-2-1-3-9-16)12-13-20-24(14-6-7-15-32(27,28)29)18-10-4-5-11-19(18)30-20/h1-5,8-13H,6-7,14-15H2,(H,23,31)(H,27,28,29). The molecule has 1 saturated heterocycles. The fourth-order valence-electron chi connectivity index (χ4n) is 3.48. The summed E-state index contributed by atoms with van der Waals surface area (Å²) in [5, 5.41) is 3.23. The Morgan fingerprint density at radius 3 is 2.50 bits per heavy atom. The Kier molecular flexibility index (Phi) is 6.26. The maximum atomic E-state index is 12.9. The SMILES string of the molecule is O=C1C(=CC=C2Oc3ccccc3N2CCCCS(=O)(=O)O)NC(=S)N1c1ccccc1. The van der Waals surface area contributed by atoms with Gasteiger partial charge in [-0.15, -0.1) is 0 Å². The van der Waals surface area contributed by atoms with Crippen molar-refractivity contribution < 1.29 is 22.5 Å². The summed E-state index contributed by atoms with van der Waals surface area (Å²) in [6, 6.07) is 16.6. The van der Waals surface area contributed by atoms with Crippen molar-refractivity contribution in [3.05, 3.63) is 78.3 Å². The number of hydrogen-bond acceptors (Lipinski definition) is 6. The van der Waals surface area contributed by atoms with Crippen molar-refractivity contribution >= 4 is 44.7 Å². The molecule has 0 saturated carbocycles. The molecule has 2 N–H and O–H groups in total. The van der Waals surface area contributed by atoms with Crippen molar-refractivity contribution in [2.75, 3.05) is 22.1 Å². The summed E-state index contributed by atoms with van der Waals surface area (Å²) in [5.41, 5.74) is 1.84. The lowest BCUT2D eigenvalue weighted by molar-refractivity contribution is -0.113. The Morgan fingerprint density at radius 2 is 1.75 bits per heavy atom. The number of carbonyl (C=O) groups is 1. The molecule has 0 radical (unpaired) electrons. The highest BCUT2D eigenvalue weighted by Crippen LogP contribution is 2.38. The van der Waals surface area contributed by atoms with Gasteiger partial charge >= 0.3 is 0 Å². The minimum Gasteiger partial charge on any atom is -0.439 e. The number of benzene rings is 2. The van der Waals surface area contributed by atoms with Crippen molar-refractivity contribution in [2.24, 2.45) is 0 Å². The van der Waals surface area contributed by atoms with E-state index in [0.29, 0.717) is 47.5 Å². The van der Waals surface area contributed by atoms with Gasteiger partial charge in [0, 0.05) is 12.6 Å². The van der Waals surface area contributed by atoms with Crippen molar-refractivity contribution in [2.45, 2.75) is 12.8 Å². The van der Waals surface area contributed by atoms with Crippen LogP contribution in [0.5, 0.6) is 5.75 Å². The van der Waals surface area contributed by atoms with Gasteiger partial charge in [-0.1, -0.05) is 30.3 Å². The lowest BCUT2D eigenvalue weighted by atomic mass is 10.2. The van der Waals surface area contributed by atoms with E-state index >= 15 is 0 Å². The van der Waals surface area contributed by atoms with Crippen LogP contribution in [0.25, 0.3) is 0 Å². The van der Waals surface area contributed by atoms with E-state index in [9.17, 15) is 13.2 Å². The van der Waals surface area contributed by atoms with Gasteiger partial charge in [-0.3, -0.25) is 14.2 Å². The summed E-state index contributed by atoms with van der Waals surface area (Å²) in [6.07, 6.45) is 4.13. The van der Waals surface area contributed by atoms with Crippen LogP contribution in [0.1, 0.15) is 12.8 Å². The van der Waals surface area contributed by atoms with E-state index in [1.807, 2.05) is 47.4 Å². The third kappa shape index (κ3) is 4.82. The lowest BCUT2D eigenvalue weighted by Crippen LogP contribution is -2.30. The third-order valence-electron chi connectivity index (χ3n) is 4.96. The van der Waals surface area contributed by atoms with E-state index in [1.165, 1.54) is 4.90 Å². The summed E-state index contributed by atoms with van der Waals surface area (Å²) in [7, 11) is -3.99. The van der Waals surface area contributed by atoms with E-state index in [4.69, 9.17) is 21.5 Å². The smallest absolute Gasteiger partial charge is 0.281 e. The number of carbonyl (C=O) groups excluding carboxylic acids is 1. The highest BCUT2D eigenvalue weighted by molar-refractivity contribution is 7.85. The highest BCUT2D eigenvalue weighted by Gasteiger charge is 2.32. The van der Waals surface area contributed by atoms with Crippen LogP contribution in [0.4, 0.5) is 11.4 Å². The number of ether oxygens (including phenoxy) is 1. The maximum Gasteiger partial charge on any atom is 0.281 e. The van der Waals surface area contributed by atoms with Gasteiger partial charge in [0.1, 0.15) is 5.70 Å². The zero-order valence-corrected chi connectivity index (χ0v) is 18.6. The molecule has 0 aromatic heterocycles. The van der Waals surface area contributed by atoms with Crippen molar-refractivity contribution in [3.63, 3.8) is 0 Å². The molecule has 1 amide bonds. The van der Waals surface area contributed by atoms with Gasteiger partial charge in [-0.2, -0.15) is 8.42 Å². The number of para-hydroxylation sites is 3. The average molecular weight is 472 g/mol. The molecular formula is C22H21N3O5S2. The number of hydrogen-bond donors (Lipinski definition) is 2. The van der Waals surface area contributed by atoms with E-state index in [1.54, 1.807) is 24.3 Å². The van der Waals surface area contributed by atoms with Crippen LogP contribution in [0.3, 0.4) is 0 Å². The first-order valence-electron chi connectivity index (χ1n) is 9.95. The molecule has 4 rings (SSSR count). The average Bonchev–Trinajstić information content (AvgIpc) is 3.25. The van der Waals surface area contributed by atoms with Crippen LogP contribution in [-0.2, 0) is 14.9 Å². The van der Waals surface area contributed by atoms with Crippen LogP contribution in [0.15, 0.2) is 78.3 Å². The van der Waals surface area contributed by atoms with E-state index in [-0.39, 0.29) is 11.7 Å². The van der Waals surface area contributed by atoms with Crippen LogP contribution in [0, 0.1) is 0 Å². The first kappa shape index (κ1) is 22.0. The van der Waals surface area contributed by atoms with E-state index in [0.717, 1.165) is 5.69 Å². The number of rotatable bonds is 7. The molecule has 2 aliphatic rings. The quantitative estimate of drug-likeness (QED) is 0.275. The predicted molar refractivity (Wildman–Crippen MR) is 126 cm³/mol. The molecule has 2 aromatic carbocycles. The third-order valence-corrected chi connectivity index (χ3v) is 6.04. The number of anilines is 2. The van der Waals surface area contributed by atoms with Gasteiger partial charge in [0.25, 0.3) is 16.0 Å². The maximum absolute atomic E-state index is 12.9. The topological polar surface area (TPSA) is 99.2 Å². The molecule has 0 unspecified atom stereocenters. The Labute approximate surface area is 191 Å². The zero-order chi connectivity index (χ0) is 22.7. The Morgan fingerprint density at radius 1 is 1.03 bits per heavy atom. The number of nitrogens with zero attached hydrogens (tertiary/aromatic N) is 2. The summed E-state index contributed by atoms with van der Waals surface area (Å²) in [6.45, 7) is 0.484. The number of thiocarbonyl (C=S) groups is 1. The Hall–Kier alpha value is -3.21. The van der Waals surface area contributed by atoms with Crippen LogP contribution in [0.2, 0.25) is 0 Å². The largest absolute Gasteiger partial charge is 0.439 e. The molecule has 1 fully saturated rings. The van der Waals surface area contributed by atoms with Crippen molar-refractivity contribution in [1.29, 1.82) is 0 Å². The Balaban J connectivity index is 1.53. The molecule has 2 aromatic rings. The number of fused-ring (bicyclic) bond motifs is 1. The molecule has 10 heteroatoms. The van der Waals surface area contributed by atoms with E-state index in [2.05, 4.69) is 5.32 Å². The second-order valence-electron chi connectivity index (χ2n) is 7.21. The second kappa shape index (κ2) is 9.11. The molecule has 8 nitrogen and oxygen atoms in total. The molecule has 2 heterocycles. The zero-order valence-electron chi connectivity index (χ0n) is 17.0. The number of unbranched alkanes of at least 4 members (excludes halogenated alkanes) is 1. The molecule has 166 valence electrons. The molecule has 0 spiro atoms. The summed E-state index contributed by atoms with van der Waals surface area (Å²) in [5.74, 6) is 0.606. The summed E-state index contributed by atoms with van der Waals surface area (Å²) in [4.78, 5) is 16.2. The molecule has 0 atom stereocenters. The fraction of sp³-hybridized carbons (Fsp3) is 0.182. The van der Waals surface area contributed by atoms with Crippen molar-refractivity contribution in [1.82, 2.24) is 5.32 Å². The highest BCUT2D eigenvalue weighted by atomic mass is 32.2. The number of nitrogens with one attached hydrogen (secondary N) is 1. The molecule has 2 aliphatic heterocycles. The van der Waals surface area contributed by atoms with Crippen LogP contribution < -0.4 is 19.9 Å². The lowest BCUT2D eigenvalue weighted by Gasteiger charge is -2.17. The van der Waals surface area contributed by atoms with Gasteiger partial charge in [-0.05, 0) is 55.4 Å². The minimum atomic E-state index is -3.99. The fourth-order valence-corrected chi connectivity index (χ4v) is 4.35. The van der Waals surface area contributed by atoms with Gasteiger partial charge in [0.15, 0.2) is 10.9 Å². The summed E-state index contributed by atoms with van der Waals surface area (Å²) < 4.78 is 36.8. The van der Waals surface area contributed by atoms with Crippen LogP contribution in [-0.4, -0.2) is 36.3 Å². The molecule has 32 heavy (non-hydrogen) atoms. The number of amides is 1. The summed E-state index contributed by atoms with van der Waals surface area (Å²) >= 11 is 5.33. The molecular weight excluding hydrogens is 450 g/mol. The molecule has 0 aliphatic carbocycles. The minimum absolute atomic E-state index is 0.270. The van der Waals surface area contributed by atoms with Crippen LogP contribution >= 0.6 is 12.2 Å². The monoisotopic (exact) mass is 471 g/mol. The molecule has 0 bridgehead atoms. The number of allylic oxidation sites excluding steroid dienone is 2. The second-order valence-corrected chi connectivity index (χ2v) is 9.16. The van der Waals surface area contributed by atoms with Gasteiger partial charge < -0.3 is 15.0 Å². The predicted octanol–water partition coefficient (Wildman–Crippen LogP) is 3.20. The first-order chi connectivity index (χ1) is 15.3. The van der Waals surface area contributed by atoms with Gasteiger partial charge in [0.05, 0.1) is 17.1 Å². The first-order valence-corrected chi connectivity index (χ1v) is 12.0. The van der Waals surface area contributed by atoms with Gasteiger partial charge in [0.2, 0.25) is 5.88 Å².